The molecule has 1 aromatic rings. The fraction of sp³-hybridized carbons (Fsp3) is 0.632. The van der Waals surface area contributed by atoms with Crippen LogP contribution in [0, 0.1) is 5.92 Å². The minimum absolute atomic E-state index is 0.383. The first-order chi connectivity index (χ1) is 11.1. The van der Waals surface area contributed by atoms with Crippen molar-refractivity contribution in [1.29, 1.82) is 0 Å². The summed E-state index contributed by atoms with van der Waals surface area (Å²) < 4.78 is 0. The molecule has 2 rings (SSSR count). The lowest BCUT2D eigenvalue weighted by Crippen LogP contribution is -2.40. The number of piperidine rings is 1. The third-order valence-electron chi connectivity index (χ3n) is 4.38. The molecule has 4 nitrogen and oxygen atoms in total. The van der Waals surface area contributed by atoms with Crippen molar-refractivity contribution in [2.75, 3.05) is 20.1 Å². The lowest BCUT2D eigenvalue weighted by Gasteiger charge is -2.30. The van der Waals surface area contributed by atoms with Crippen molar-refractivity contribution in [2.24, 2.45) is 10.9 Å². The fourth-order valence-corrected chi connectivity index (χ4v) is 2.97. The number of hydrogen-bond donors (Lipinski definition) is 2. The Balaban J connectivity index is 1.87. The van der Waals surface area contributed by atoms with E-state index in [4.69, 9.17) is 0 Å². The first-order valence-electron chi connectivity index (χ1n) is 8.84. The molecule has 0 saturated carbocycles. The Kier molecular flexibility index (Phi) is 6.90. The second-order valence-electron chi connectivity index (χ2n) is 7.00. The Morgan fingerprint density at radius 2 is 1.96 bits per heavy atom. The van der Waals surface area contributed by atoms with Crippen LogP contribution in [-0.2, 0) is 13.1 Å². The molecule has 1 aliphatic heterocycles. The van der Waals surface area contributed by atoms with Crippen molar-refractivity contribution in [2.45, 2.75) is 52.7 Å². The van der Waals surface area contributed by atoms with Crippen LogP contribution >= 0.6 is 0 Å². The van der Waals surface area contributed by atoms with E-state index in [2.05, 4.69) is 65.6 Å². The maximum Gasteiger partial charge on any atom is 0.191 e. The first kappa shape index (κ1) is 17.8. The van der Waals surface area contributed by atoms with Gasteiger partial charge in [-0.25, -0.2) is 0 Å². The zero-order valence-electron chi connectivity index (χ0n) is 15.1. The number of likely N-dealkylation sites (tertiary alicyclic amines) is 1. The number of nitrogens with one attached hydrogen (secondary N) is 2. The molecule has 0 aliphatic carbocycles. The second-order valence-corrected chi connectivity index (χ2v) is 7.00. The van der Waals surface area contributed by atoms with E-state index in [1.165, 1.54) is 37.1 Å². The molecule has 1 aliphatic rings. The SMILES string of the molecule is CN=C(NCc1cccc(CN2CCC(C)CC2)c1)NC(C)C. The molecule has 128 valence electrons. The molecule has 0 radical (unpaired) electrons. The Hall–Kier alpha value is -1.55. The number of nitrogens with zero attached hydrogens (tertiary/aromatic N) is 2. The van der Waals surface area contributed by atoms with Crippen LogP contribution in [0.3, 0.4) is 0 Å². The van der Waals surface area contributed by atoms with Crippen LogP contribution < -0.4 is 10.6 Å². The van der Waals surface area contributed by atoms with E-state index >= 15 is 0 Å². The van der Waals surface area contributed by atoms with E-state index in [1.807, 2.05) is 7.05 Å². The minimum Gasteiger partial charge on any atom is -0.354 e. The van der Waals surface area contributed by atoms with Crippen molar-refractivity contribution in [1.82, 2.24) is 15.5 Å². The van der Waals surface area contributed by atoms with E-state index < -0.39 is 0 Å². The Labute approximate surface area is 141 Å². The van der Waals surface area contributed by atoms with Crippen molar-refractivity contribution in [3.8, 4) is 0 Å². The van der Waals surface area contributed by atoms with Crippen LogP contribution in [-0.4, -0.2) is 37.0 Å². The molecule has 0 spiro atoms. The van der Waals surface area contributed by atoms with Crippen molar-refractivity contribution in [3.63, 3.8) is 0 Å². The van der Waals surface area contributed by atoms with Crippen LogP contribution in [0.5, 0.6) is 0 Å². The fourth-order valence-electron chi connectivity index (χ4n) is 2.97. The Morgan fingerprint density at radius 3 is 2.61 bits per heavy atom. The quantitative estimate of drug-likeness (QED) is 0.648. The van der Waals surface area contributed by atoms with Gasteiger partial charge in [-0.15, -0.1) is 0 Å². The molecule has 1 saturated heterocycles. The topological polar surface area (TPSA) is 39.7 Å². The third-order valence-corrected chi connectivity index (χ3v) is 4.38. The first-order valence-corrected chi connectivity index (χ1v) is 8.84. The van der Waals surface area contributed by atoms with Gasteiger partial charge in [-0.1, -0.05) is 31.2 Å². The predicted molar refractivity (Wildman–Crippen MR) is 98.6 cm³/mol. The summed E-state index contributed by atoms with van der Waals surface area (Å²) in [5.74, 6) is 1.75. The smallest absolute Gasteiger partial charge is 0.191 e. The molecule has 0 atom stereocenters. The number of rotatable bonds is 5. The zero-order valence-corrected chi connectivity index (χ0v) is 15.1. The predicted octanol–water partition coefficient (Wildman–Crippen LogP) is 2.99. The van der Waals surface area contributed by atoms with E-state index in [0.717, 1.165) is 25.0 Å². The van der Waals surface area contributed by atoms with Gasteiger partial charge in [0.05, 0.1) is 0 Å². The summed E-state index contributed by atoms with van der Waals surface area (Å²) in [5, 5.41) is 6.69. The van der Waals surface area contributed by atoms with Gasteiger partial charge in [-0.3, -0.25) is 9.89 Å². The largest absolute Gasteiger partial charge is 0.354 e. The standard InChI is InChI=1S/C19H32N4/c1-15(2)22-19(20-4)21-13-17-6-5-7-18(12-17)14-23-10-8-16(3)9-11-23/h5-7,12,15-16H,8-11,13-14H2,1-4H3,(H2,20,21,22). The molecule has 0 aromatic heterocycles. The van der Waals surface area contributed by atoms with Crippen molar-refractivity contribution >= 4 is 5.96 Å². The van der Waals surface area contributed by atoms with Gasteiger partial charge in [0.2, 0.25) is 0 Å². The number of aliphatic imine (C=N–C) groups is 1. The van der Waals surface area contributed by atoms with Crippen molar-refractivity contribution < 1.29 is 0 Å². The highest BCUT2D eigenvalue weighted by molar-refractivity contribution is 5.79. The summed E-state index contributed by atoms with van der Waals surface area (Å²) in [6.45, 7) is 10.9. The molecule has 23 heavy (non-hydrogen) atoms. The maximum atomic E-state index is 4.25. The highest BCUT2D eigenvalue weighted by Gasteiger charge is 2.15. The monoisotopic (exact) mass is 316 g/mol. The lowest BCUT2D eigenvalue weighted by molar-refractivity contribution is 0.185. The third kappa shape index (κ3) is 6.22. The van der Waals surface area contributed by atoms with Gasteiger partial charge in [0, 0.05) is 26.2 Å². The van der Waals surface area contributed by atoms with E-state index in [1.54, 1.807) is 0 Å². The van der Waals surface area contributed by atoms with Gasteiger partial charge < -0.3 is 10.6 Å². The van der Waals surface area contributed by atoms with Gasteiger partial charge in [-0.2, -0.15) is 0 Å². The van der Waals surface area contributed by atoms with Gasteiger partial charge >= 0.3 is 0 Å². The molecule has 4 heteroatoms. The number of hydrogen-bond acceptors (Lipinski definition) is 2. The second kappa shape index (κ2) is 8.92. The van der Waals surface area contributed by atoms with E-state index in [9.17, 15) is 0 Å². The molecular formula is C19H32N4. The lowest BCUT2D eigenvalue weighted by atomic mass is 9.98. The van der Waals surface area contributed by atoms with Crippen LogP contribution in [0.15, 0.2) is 29.3 Å². The Morgan fingerprint density at radius 1 is 1.26 bits per heavy atom. The number of benzene rings is 1. The van der Waals surface area contributed by atoms with Crippen LogP contribution in [0.4, 0.5) is 0 Å². The Bertz CT molecular complexity index is 502. The molecular weight excluding hydrogens is 284 g/mol. The average molecular weight is 316 g/mol. The van der Waals surface area contributed by atoms with Crippen LogP contribution in [0.1, 0.15) is 44.7 Å². The number of guanidine groups is 1. The molecule has 2 N–H and O–H groups in total. The summed E-state index contributed by atoms with van der Waals surface area (Å²) >= 11 is 0. The summed E-state index contributed by atoms with van der Waals surface area (Å²) in [5.41, 5.74) is 2.71. The van der Waals surface area contributed by atoms with Crippen LogP contribution in [0.2, 0.25) is 0 Å². The minimum atomic E-state index is 0.383. The highest BCUT2D eigenvalue weighted by Crippen LogP contribution is 2.18. The zero-order chi connectivity index (χ0) is 16.7. The van der Waals surface area contributed by atoms with Gasteiger partial charge in [0.1, 0.15) is 0 Å². The summed E-state index contributed by atoms with van der Waals surface area (Å²) in [6.07, 6.45) is 2.66. The summed E-state index contributed by atoms with van der Waals surface area (Å²) in [4.78, 5) is 6.83. The van der Waals surface area contributed by atoms with E-state index in [-0.39, 0.29) is 0 Å². The van der Waals surface area contributed by atoms with Gasteiger partial charge in [0.25, 0.3) is 0 Å². The molecule has 1 aromatic carbocycles. The molecule has 1 heterocycles. The van der Waals surface area contributed by atoms with E-state index in [0.29, 0.717) is 6.04 Å². The van der Waals surface area contributed by atoms with Gasteiger partial charge in [0.15, 0.2) is 5.96 Å². The molecule has 0 amide bonds. The van der Waals surface area contributed by atoms with Gasteiger partial charge in [-0.05, 0) is 56.8 Å². The molecule has 0 bridgehead atoms. The average Bonchev–Trinajstić information content (AvgIpc) is 2.54. The highest BCUT2D eigenvalue weighted by atomic mass is 15.2. The summed E-state index contributed by atoms with van der Waals surface area (Å²) in [7, 11) is 1.81. The molecule has 0 unspecified atom stereocenters. The van der Waals surface area contributed by atoms with Crippen molar-refractivity contribution in [3.05, 3.63) is 35.4 Å². The maximum absolute atomic E-state index is 4.25. The molecule has 1 fully saturated rings. The normalized spacial score (nSPS) is 17.5. The van der Waals surface area contributed by atoms with Crippen LogP contribution in [0.25, 0.3) is 0 Å². The summed E-state index contributed by atoms with van der Waals surface area (Å²) in [6, 6.07) is 9.28.